The number of methoxy groups -OCH3 is 1. The predicted octanol–water partition coefficient (Wildman–Crippen LogP) is 1.12. The summed E-state index contributed by atoms with van der Waals surface area (Å²) in [5, 5.41) is -1.17. The first-order valence-corrected chi connectivity index (χ1v) is 6.72. The van der Waals surface area contributed by atoms with Crippen LogP contribution in [0.25, 0.3) is 0 Å². The summed E-state index contributed by atoms with van der Waals surface area (Å²) >= 11 is 0. The Labute approximate surface area is 101 Å². The van der Waals surface area contributed by atoms with Gasteiger partial charge in [0.25, 0.3) is 0 Å². The Balaban J connectivity index is 3.17. The highest BCUT2D eigenvalue weighted by molar-refractivity contribution is 7.92. The zero-order chi connectivity index (χ0) is 13.1. The first kappa shape index (κ1) is 13.6. The molecule has 1 atom stereocenters. The van der Waals surface area contributed by atoms with Gasteiger partial charge in [0, 0.05) is 11.9 Å². The maximum Gasteiger partial charge on any atom is 0.324 e. The summed E-state index contributed by atoms with van der Waals surface area (Å²) in [5.74, 6) is -0.743. The molecule has 5 nitrogen and oxygen atoms in total. The average molecular weight is 257 g/mol. The molecule has 1 unspecified atom stereocenters. The summed E-state index contributed by atoms with van der Waals surface area (Å²) in [6.45, 7) is 3.38. The summed E-state index contributed by atoms with van der Waals surface area (Å²) in [5.41, 5.74) is 0.718. The van der Waals surface area contributed by atoms with Crippen molar-refractivity contribution in [3.8, 4) is 0 Å². The second-order valence-corrected chi connectivity index (χ2v) is 5.73. The number of hydrogen-bond donors (Lipinski definition) is 0. The van der Waals surface area contributed by atoms with Crippen molar-refractivity contribution < 1.29 is 17.9 Å². The van der Waals surface area contributed by atoms with Gasteiger partial charge in [-0.15, -0.1) is 0 Å². The van der Waals surface area contributed by atoms with Gasteiger partial charge in [0.05, 0.1) is 12.0 Å². The smallest absolute Gasteiger partial charge is 0.324 e. The highest BCUT2D eigenvalue weighted by Crippen LogP contribution is 2.18. The van der Waals surface area contributed by atoms with Crippen LogP contribution >= 0.6 is 0 Å². The third-order valence-electron chi connectivity index (χ3n) is 2.42. The summed E-state index contributed by atoms with van der Waals surface area (Å²) in [7, 11) is -2.54. The zero-order valence-electron chi connectivity index (χ0n) is 10.0. The van der Waals surface area contributed by atoms with Crippen LogP contribution < -0.4 is 0 Å². The van der Waals surface area contributed by atoms with E-state index in [1.807, 2.05) is 0 Å². The van der Waals surface area contributed by atoms with E-state index in [-0.39, 0.29) is 11.3 Å². The Morgan fingerprint density at radius 3 is 2.53 bits per heavy atom. The topological polar surface area (TPSA) is 73.3 Å². The van der Waals surface area contributed by atoms with E-state index in [1.54, 1.807) is 19.9 Å². The monoisotopic (exact) mass is 257 g/mol. The molecule has 0 N–H and O–H groups in total. The number of carbonyl (C=O) groups excluding carboxylic acids is 1. The molecule has 1 rings (SSSR count). The molecule has 17 heavy (non-hydrogen) atoms. The van der Waals surface area contributed by atoms with E-state index in [4.69, 9.17) is 0 Å². The van der Waals surface area contributed by atoms with E-state index < -0.39 is 21.1 Å². The number of pyridine rings is 1. The Bertz CT molecular complexity index is 493. The number of rotatable bonds is 4. The number of esters is 1. The lowest BCUT2D eigenvalue weighted by Crippen LogP contribution is -2.31. The fourth-order valence-corrected chi connectivity index (χ4v) is 3.01. The number of carbonyl (C=O) groups is 1. The minimum atomic E-state index is -3.72. The molecule has 1 aromatic heterocycles. The Hall–Kier alpha value is -1.43. The third-order valence-corrected chi connectivity index (χ3v) is 4.60. The second-order valence-electron chi connectivity index (χ2n) is 3.60. The van der Waals surface area contributed by atoms with E-state index in [0.29, 0.717) is 0 Å². The largest absolute Gasteiger partial charge is 0.468 e. The number of sulfone groups is 1. The van der Waals surface area contributed by atoms with Gasteiger partial charge in [0.1, 0.15) is 0 Å². The lowest BCUT2D eigenvalue weighted by molar-refractivity contribution is -0.140. The molecule has 0 aromatic carbocycles. The molecule has 0 aliphatic heterocycles. The van der Waals surface area contributed by atoms with Crippen LogP contribution in [-0.2, 0) is 19.4 Å². The minimum absolute atomic E-state index is 0.0420. The molecule has 94 valence electrons. The van der Waals surface area contributed by atoms with Crippen molar-refractivity contribution in [1.29, 1.82) is 0 Å². The first-order chi connectivity index (χ1) is 7.93. The van der Waals surface area contributed by atoms with Crippen molar-refractivity contribution >= 4 is 15.8 Å². The molecular weight excluding hydrogens is 242 g/mol. The van der Waals surface area contributed by atoms with Crippen molar-refractivity contribution in [3.63, 3.8) is 0 Å². The molecule has 0 bridgehead atoms. The fraction of sp³-hybridized carbons (Fsp3) is 0.455. The van der Waals surface area contributed by atoms with Gasteiger partial charge in [-0.2, -0.15) is 0 Å². The molecule has 0 radical (unpaired) electrons. The molecule has 6 heteroatoms. The third kappa shape index (κ3) is 2.82. The van der Waals surface area contributed by atoms with Crippen molar-refractivity contribution in [1.82, 2.24) is 4.98 Å². The van der Waals surface area contributed by atoms with Crippen LogP contribution in [0.2, 0.25) is 0 Å². The molecule has 0 aliphatic rings. The van der Waals surface area contributed by atoms with Gasteiger partial charge in [-0.3, -0.25) is 9.78 Å². The van der Waals surface area contributed by atoms with Crippen molar-refractivity contribution in [2.75, 3.05) is 7.11 Å². The summed E-state index contributed by atoms with van der Waals surface area (Å²) in [6.07, 6.45) is 1.43. The number of hydrogen-bond acceptors (Lipinski definition) is 5. The van der Waals surface area contributed by atoms with Crippen LogP contribution in [0.5, 0.6) is 0 Å². The molecule has 1 heterocycles. The van der Waals surface area contributed by atoms with Gasteiger partial charge in [0.15, 0.2) is 15.1 Å². The van der Waals surface area contributed by atoms with Gasteiger partial charge < -0.3 is 4.74 Å². The Morgan fingerprint density at radius 2 is 2.12 bits per heavy atom. The van der Waals surface area contributed by atoms with Crippen LogP contribution in [0.15, 0.2) is 23.2 Å². The SMILES string of the molecule is CCC(C(=O)OC)S(=O)(=O)c1ccc(C)nc1. The lowest BCUT2D eigenvalue weighted by atomic mass is 10.3. The zero-order valence-corrected chi connectivity index (χ0v) is 10.8. The Morgan fingerprint density at radius 1 is 1.47 bits per heavy atom. The number of ether oxygens (including phenoxy) is 1. The van der Waals surface area contributed by atoms with Crippen LogP contribution in [0, 0.1) is 6.92 Å². The molecule has 0 aliphatic carbocycles. The summed E-state index contributed by atoms with van der Waals surface area (Å²) in [6, 6.07) is 3.04. The van der Waals surface area contributed by atoms with Gasteiger partial charge >= 0.3 is 5.97 Å². The van der Waals surface area contributed by atoms with E-state index in [0.717, 1.165) is 5.69 Å². The van der Waals surface area contributed by atoms with Crippen LogP contribution in [0.3, 0.4) is 0 Å². The van der Waals surface area contributed by atoms with E-state index in [1.165, 1.54) is 19.4 Å². The molecule has 0 saturated carbocycles. The van der Waals surface area contributed by atoms with Crippen molar-refractivity contribution in [3.05, 3.63) is 24.0 Å². The van der Waals surface area contributed by atoms with Crippen LogP contribution in [0.4, 0.5) is 0 Å². The lowest BCUT2D eigenvalue weighted by Gasteiger charge is -2.13. The first-order valence-electron chi connectivity index (χ1n) is 5.17. The van der Waals surface area contributed by atoms with E-state index >= 15 is 0 Å². The van der Waals surface area contributed by atoms with Crippen molar-refractivity contribution in [2.45, 2.75) is 30.4 Å². The highest BCUT2D eigenvalue weighted by atomic mass is 32.2. The summed E-state index contributed by atoms with van der Waals surface area (Å²) in [4.78, 5) is 15.4. The highest BCUT2D eigenvalue weighted by Gasteiger charge is 2.33. The van der Waals surface area contributed by atoms with Crippen LogP contribution in [0.1, 0.15) is 19.0 Å². The molecule has 0 fully saturated rings. The summed E-state index contributed by atoms with van der Waals surface area (Å²) < 4.78 is 28.8. The Kier molecular flexibility index (Phi) is 4.22. The average Bonchev–Trinajstić information content (AvgIpc) is 2.29. The molecule has 1 aromatic rings. The molecule has 0 saturated heterocycles. The fourth-order valence-electron chi connectivity index (χ4n) is 1.43. The number of nitrogens with zero attached hydrogens (tertiary/aromatic N) is 1. The van der Waals surface area contributed by atoms with Gasteiger partial charge in [-0.05, 0) is 25.5 Å². The molecule has 0 amide bonds. The normalized spacial score (nSPS) is 13.1. The number of aromatic nitrogens is 1. The van der Waals surface area contributed by atoms with Gasteiger partial charge in [-0.25, -0.2) is 8.42 Å². The van der Waals surface area contributed by atoms with Gasteiger partial charge in [0.2, 0.25) is 0 Å². The van der Waals surface area contributed by atoms with Crippen molar-refractivity contribution in [2.24, 2.45) is 0 Å². The standard InChI is InChI=1S/C11H15NO4S/c1-4-10(11(13)16-3)17(14,15)9-6-5-8(2)12-7-9/h5-7,10H,4H2,1-3H3. The van der Waals surface area contributed by atoms with Gasteiger partial charge in [-0.1, -0.05) is 6.92 Å². The maximum absolute atomic E-state index is 12.1. The quantitative estimate of drug-likeness (QED) is 0.755. The number of aryl methyl sites for hydroxylation is 1. The maximum atomic E-state index is 12.1. The second kappa shape index (κ2) is 5.27. The molecule has 0 spiro atoms. The molecular formula is C11H15NO4S. The minimum Gasteiger partial charge on any atom is -0.468 e. The van der Waals surface area contributed by atoms with Crippen LogP contribution in [-0.4, -0.2) is 31.7 Å². The van der Waals surface area contributed by atoms with E-state index in [2.05, 4.69) is 9.72 Å². The predicted molar refractivity (Wildman–Crippen MR) is 62.3 cm³/mol. The van der Waals surface area contributed by atoms with E-state index in [9.17, 15) is 13.2 Å².